The molecule has 1 aromatic carbocycles. The van der Waals surface area contributed by atoms with E-state index in [1.807, 2.05) is 19.2 Å². The van der Waals surface area contributed by atoms with E-state index in [-0.39, 0.29) is 0 Å². The van der Waals surface area contributed by atoms with Crippen LogP contribution < -0.4 is 5.32 Å². The molecule has 118 valence electrons. The second kappa shape index (κ2) is 5.62. The van der Waals surface area contributed by atoms with Crippen LogP contribution >= 0.6 is 23.2 Å². The van der Waals surface area contributed by atoms with Crippen molar-refractivity contribution in [3.05, 3.63) is 39.6 Å². The molecule has 0 atom stereocenters. The van der Waals surface area contributed by atoms with E-state index in [2.05, 4.69) is 25.6 Å². The number of anilines is 1. The van der Waals surface area contributed by atoms with Gasteiger partial charge in [-0.3, -0.25) is 0 Å². The minimum Gasteiger partial charge on any atom is -0.365 e. The van der Waals surface area contributed by atoms with Crippen LogP contribution in [0.5, 0.6) is 0 Å². The maximum absolute atomic E-state index is 6.26. The van der Waals surface area contributed by atoms with Crippen molar-refractivity contribution in [2.24, 2.45) is 7.05 Å². The van der Waals surface area contributed by atoms with Gasteiger partial charge in [0.15, 0.2) is 17.0 Å². The zero-order chi connectivity index (χ0) is 16.0. The molecule has 1 aliphatic carbocycles. The first-order valence-corrected chi connectivity index (χ1v) is 8.12. The SMILES string of the molecule is Cn1nnc2c(NC3CC3)nc(Cc3ccc(Cl)cc3Cl)nc21. The van der Waals surface area contributed by atoms with Crippen molar-refractivity contribution < 1.29 is 0 Å². The minimum absolute atomic E-state index is 0.474. The van der Waals surface area contributed by atoms with Gasteiger partial charge in [0.25, 0.3) is 0 Å². The number of hydrogen-bond donors (Lipinski definition) is 1. The Bertz CT molecular complexity index is 887. The quantitative estimate of drug-likeness (QED) is 0.783. The third kappa shape index (κ3) is 2.96. The van der Waals surface area contributed by atoms with Crippen LogP contribution in [0.1, 0.15) is 24.2 Å². The standard InChI is InChI=1S/C15H14Cl2N6/c1-23-15-13(21-22-23)14(18-10-4-5-10)19-12(20-15)6-8-2-3-9(16)7-11(8)17/h2-3,7,10H,4-6H2,1H3,(H,18,19,20). The van der Waals surface area contributed by atoms with Crippen LogP contribution in [0.4, 0.5) is 5.82 Å². The number of hydrogen-bond acceptors (Lipinski definition) is 5. The van der Waals surface area contributed by atoms with E-state index in [0.717, 1.165) is 24.2 Å². The highest BCUT2D eigenvalue weighted by atomic mass is 35.5. The minimum atomic E-state index is 0.474. The molecule has 1 N–H and O–H groups in total. The van der Waals surface area contributed by atoms with Gasteiger partial charge in [-0.25, -0.2) is 14.6 Å². The number of benzene rings is 1. The fourth-order valence-corrected chi connectivity index (χ4v) is 2.87. The Balaban J connectivity index is 1.75. The molecular formula is C15H14Cl2N6. The molecule has 3 aromatic rings. The Kier molecular flexibility index (Phi) is 3.58. The first kappa shape index (κ1) is 14.7. The Hall–Kier alpha value is -1.92. The van der Waals surface area contributed by atoms with Crippen LogP contribution in [0.3, 0.4) is 0 Å². The van der Waals surface area contributed by atoms with Gasteiger partial charge in [-0.2, -0.15) is 0 Å². The Morgan fingerprint density at radius 2 is 2.09 bits per heavy atom. The van der Waals surface area contributed by atoms with E-state index in [1.165, 1.54) is 0 Å². The smallest absolute Gasteiger partial charge is 0.183 e. The van der Waals surface area contributed by atoms with Gasteiger partial charge in [-0.15, -0.1) is 5.10 Å². The number of aromatic nitrogens is 5. The molecule has 0 bridgehead atoms. The van der Waals surface area contributed by atoms with E-state index in [1.54, 1.807) is 10.7 Å². The molecule has 8 heteroatoms. The van der Waals surface area contributed by atoms with Crippen molar-refractivity contribution >= 4 is 40.2 Å². The number of fused-ring (bicyclic) bond motifs is 1. The zero-order valence-electron chi connectivity index (χ0n) is 12.4. The maximum atomic E-state index is 6.26. The summed E-state index contributed by atoms with van der Waals surface area (Å²) in [6.07, 6.45) is 2.84. The molecule has 4 rings (SSSR count). The highest BCUT2D eigenvalue weighted by Crippen LogP contribution is 2.28. The molecule has 1 saturated carbocycles. The fourth-order valence-electron chi connectivity index (χ4n) is 2.40. The number of halogens is 2. The molecular weight excluding hydrogens is 335 g/mol. The summed E-state index contributed by atoms with van der Waals surface area (Å²) in [5.41, 5.74) is 2.34. The van der Waals surface area contributed by atoms with Gasteiger partial charge in [0.1, 0.15) is 5.82 Å². The molecule has 6 nitrogen and oxygen atoms in total. The van der Waals surface area contributed by atoms with Crippen LogP contribution in [0.15, 0.2) is 18.2 Å². The highest BCUT2D eigenvalue weighted by Gasteiger charge is 2.24. The molecule has 0 radical (unpaired) electrons. The van der Waals surface area contributed by atoms with Crippen LogP contribution in [0.25, 0.3) is 11.2 Å². The Morgan fingerprint density at radius 1 is 1.26 bits per heavy atom. The summed E-state index contributed by atoms with van der Waals surface area (Å²) in [7, 11) is 1.82. The molecule has 23 heavy (non-hydrogen) atoms. The predicted molar refractivity (Wildman–Crippen MR) is 90.0 cm³/mol. The second-order valence-corrected chi connectivity index (χ2v) is 6.55. The molecule has 1 fully saturated rings. The van der Waals surface area contributed by atoms with Gasteiger partial charge in [-0.05, 0) is 30.5 Å². The van der Waals surface area contributed by atoms with Crippen LogP contribution in [0.2, 0.25) is 10.0 Å². The van der Waals surface area contributed by atoms with Crippen molar-refractivity contribution in [2.45, 2.75) is 25.3 Å². The fraction of sp³-hybridized carbons (Fsp3) is 0.333. The van der Waals surface area contributed by atoms with Crippen LogP contribution in [-0.2, 0) is 13.5 Å². The summed E-state index contributed by atoms with van der Waals surface area (Å²) in [6, 6.07) is 5.91. The number of aryl methyl sites for hydroxylation is 1. The van der Waals surface area contributed by atoms with Crippen molar-refractivity contribution in [3.63, 3.8) is 0 Å². The maximum Gasteiger partial charge on any atom is 0.183 e. The van der Waals surface area contributed by atoms with Gasteiger partial charge in [0, 0.05) is 29.6 Å². The lowest BCUT2D eigenvalue weighted by molar-refractivity contribution is 0.728. The molecule has 0 saturated heterocycles. The van der Waals surface area contributed by atoms with E-state index in [0.29, 0.717) is 39.5 Å². The third-order valence-electron chi connectivity index (χ3n) is 3.78. The lowest BCUT2D eigenvalue weighted by Crippen LogP contribution is -2.08. The molecule has 0 aliphatic heterocycles. The normalized spacial score (nSPS) is 14.4. The molecule has 0 unspecified atom stereocenters. The predicted octanol–water partition coefficient (Wildman–Crippen LogP) is 3.23. The van der Waals surface area contributed by atoms with Crippen LogP contribution in [0, 0.1) is 0 Å². The Morgan fingerprint density at radius 3 is 2.83 bits per heavy atom. The van der Waals surface area contributed by atoms with Gasteiger partial charge >= 0.3 is 0 Å². The second-order valence-electron chi connectivity index (χ2n) is 5.70. The van der Waals surface area contributed by atoms with E-state index >= 15 is 0 Å². The van der Waals surface area contributed by atoms with Crippen molar-refractivity contribution in [3.8, 4) is 0 Å². The average molecular weight is 349 g/mol. The summed E-state index contributed by atoms with van der Waals surface area (Å²) < 4.78 is 1.65. The summed E-state index contributed by atoms with van der Waals surface area (Å²) in [5.74, 6) is 1.42. The van der Waals surface area contributed by atoms with Crippen LogP contribution in [-0.4, -0.2) is 31.0 Å². The topological polar surface area (TPSA) is 68.5 Å². The summed E-state index contributed by atoms with van der Waals surface area (Å²) in [4.78, 5) is 9.20. The van der Waals surface area contributed by atoms with Gasteiger partial charge in [0.05, 0.1) is 0 Å². The van der Waals surface area contributed by atoms with Gasteiger partial charge < -0.3 is 5.32 Å². The van der Waals surface area contributed by atoms with Crippen molar-refractivity contribution in [1.29, 1.82) is 0 Å². The van der Waals surface area contributed by atoms with Crippen molar-refractivity contribution in [1.82, 2.24) is 25.0 Å². The number of rotatable bonds is 4. The lowest BCUT2D eigenvalue weighted by Gasteiger charge is -2.08. The molecule has 1 aliphatic rings. The van der Waals surface area contributed by atoms with E-state index in [9.17, 15) is 0 Å². The average Bonchev–Trinajstić information content (AvgIpc) is 3.25. The molecule has 2 heterocycles. The highest BCUT2D eigenvalue weighted by molar-refractivity contribution is 6.35. The van der Waals surface area contributed by atoms with Gasteiger partial charge in [-0.1, -0.05) is 34.5 Å². The molecule has 0 amide bonds. The van der Waals surface area contributed by atoms with Gasteiger partial charge in [0.2, 0.25) is 0 Å². The summed E-state index contributed by atoms with van der Waals surface area (Å²) >= 11 is 12.2. The van der Waals surface area contributed by atoms with E-state index in [4.69, 9.17) is 23.2 Å². The monoisotopic (exact) mass is 348 g/mol. The van der Waals surface area contributed by atoms with Crippen molar-refractivity contribution in [2.75, 3.05) is 5.32 Å². The number of nitrogens with zero attached hydrogens (tertiary/aromatic N) is 5. The zero-order valence-corrected chi connectivity index (χ0v) is 13.9. The summed E-state index contributed by atoms with van der Waals surface area (Å²) in [5, 5.41) is 12.8. The first-order valence-electron chi connectivity index (χ1n) is 7.37. The first-order chi connectivity index (χ1) is 11.1. The molecule has 0 spiro atoms. The lowest BCUT2D eigenvalue weighted by atomic mass is 10.1. The third-order valence-corrected chi connectivity index (χ3v) is 4.37. The van der Waals surface area contributed by atoms with E-state index < -0.39 is 0 Å². The summed E-state index contributed by atoms with van der Waals surface area (Å²) in [6.45, 7) is 0. The largest absolute Gasteiger partial charge is 0.365 e. The Labute approximate surface area is 142 Å². The number of nitrogens with one attached hydrogen (secondary N) is 1. The molecule has 2 aromatic heterocycles.